The maximum atomic E-state index is 12.1. The minimum atomic E-state index is -0.218. The Hall–Kier alpha value is -1.31. The van der Waals surface area contributed by atoms with Crippen molar-refractivity contribution in [1.82, 2.24) is 10.6 Å². The van der Waals surface area contributed by atoms with Gasteiger partial charge < -0.3 is 15.4 Å². The predicted octanol–water partition coefficient (Wildman–Crippen LogP) is 1.71. The molecule has 0 unspecified atom stereocenters. The average Bonchev–Trinajstić information content (AvgIpc) is 2.48. The zero-order chi connectivity index (χ0) is 16.1. The van der Waals surface area contributed by atoms with Crippen molar-refractivity contribution in [2.24, 2.45) is 0 Å². The molecule has 0 saturated carbocycles. The molecule has 0 saturated heterocycles. The SMILES string of the molecule is CCN[C@H](C)CNC(=O)CN1C(=O)COc2cc(Br)ccc21.Cl. The monoisotopic (exact) mass is 405 g/mol. The number of halogens is 2. The molecule has 128 valence electrons. The van der Waals surface area contributed by atoms with Crippen LogP contribution in [0.25, 0.3) is 0 Å². The number of carbonyl (C=O) groups is 2. The summed E-state index contributed by atoms with van der Waals surface area (Å²) in [5.74, 6) is 0.196. The van der Waals surface area contributed by atoms with Crippen LogP contribution in [0.2, 0.25) is 0 Å². The number of nitrogens with one attached hydrogen (secondary N) is 2. The molecule has 6 nitrogen and oxygen atoms in total. The van der Waals surface area contributed by atoms with Gasteiger partial charge in [-0.05, 0) is 31.7 Å². The molecular formula is C15H21BrClN3O3. The van der Waals surface area contributed by atoms with Gasteiger partial charge in [0.25, 0.3) is 5.91 Å². The van der Waals surface area contributed by atoms with Crippen LogP contribution in [0.15, 0.2) is 22.7 Å². The Bertz CT molecular complexity index is 571. The molecule has 23 heavy (non-hydrogen) atoms. The van der Waals surface area contributed by atoms with Crippen LogP contribution in [0, 0.1) is 0 Å². The van der Waals surface area contributed by atoms with Gasteiger partial charge >= 0.3 is 0 Å². The van der Waals surface area contributed by atoms with Gasteiger partial charge in [-0.3, -0.25) is 14.5 Å². The molecule has 1 aliphatic heterocycles. The summed E-state index contributed by atoms with van der Waals surface area (Å²) in [6.07, 6.45) is 0. The number of fused-ring (bicyclic) bond motifs is 1. The lowest BCUT2D eigenvalue weighted by atomic mass is 10.2. The van der Waals surface area contributed by atoms with Crippen molar-refractivity contribution in [3.63, 3.8) is 0 Å². The summed E-state index contributed by atoms with van der Waals surface area (Å²) < 4.78 is 6.26. The van der Waals surface area contributed by atoms with Gasteiger partial charge in [-0.15, -0.1) is 12.4 Å². The van der Waals surface area contributed by atoms with Crippen LogP contribution in [0.3, 0.4) is 0 Å². The van der Waals surface area contributed by atoms with Gasteiger partial charge in [0.2, 0.25) is 5.91 Å². The van der Waals surface area contributed by atoms with E-state index in [0.717, 1.165) is 11.0 Å². The number of likely N-dealkylation sites (N-methyl/N-ethyl adjacent to an activating group) is 1. The van der Waals surface area contributed by atoms with E-state index in [1.807, 2.05) is 19.9 Å². The highest BCUT2D eigenvalue weighted by Gasteiger charge is 2.27. The minimum Gasteiger partial charge on any atom is -0.482 e. The van der Waals surface area contributed by atoms with E-state index in [2.05, 4.69) is 26.6 Å². The molecule has 0 aliphatic carbocycles. The predicted molar refractivity (Wildman–Crippen MR) is 95.4 cm³/mol. The number of ether oxygens (including phenoxy) is 1. The van der Waals surface area contributed by atoms with Crippen LogP contribution in [0.1, 0.15) is 13.8 Å². The summed E-state index contributed by atoms with van der Waals surface area (Å²) in [6.45, 7) is 5.33. The summed E-state index contributed by atoms with van der Waals surface area (Å²) in [7, 11) is 0. The fourth-order valence-corrected chi connectivity index (χ4v) is 2.58. The average molecular weight is 407 g/mol. The number of nitrogens with zero attached hydrogens (tertiary/aromatic N) is 1. The Balaban J connectivity index is 0.00000264. The molecule has 1 aromatic rings. The third-order valence-corrected chi connectivity index (χ3v) is 3.82. The lowest BCUT2D eigenvalue weighted by Crippen LogP contribution is -2.47. The van der Waals surface area contributed by atoms with Gasteiger partial charge in [-0.2, -0.15) is 0 Å². The topological polar surface area (TPSA) is 70.7 Å². The third kappa shape index (κ3) is 5.37. The van der Waals surface area contributed by atoms with Crippen molar-refractivity contribution in [2.75, 3.05) is 31.1 Å². The fourth-order valence-electron chi connectivity index (χ4n) is 2.24. The van der Waals surface area contributed by atoms with E-state index in [9.17, 15) is 9.59 Å². The summed E-state index contributed by atoms with van der Waals surface area (Å²) >= 11 is 3.36. The molecule has 2 rings (SSSR count). The molecule has 8 heteroatoms. The van der Waals surface area contributed by atoms with E-state index >= 15 is 0 Å². The number of rotatable bonds is 6. The van der Waals surface area contributed by atoms with Crippen LogP contribution >= 0.6 is 28.3 Å². The molecule has 2 amide bonds. The Labute approximate surface area is 150 Å². The quantitative estimate of drug-likeness (QED) is 0.754. The third-order valence-electron chi connectivity index (χ3n) is 3.32. The first kappa shape index (κ1) is 19.7. The van der Waals surface area contributed by atoms with Crippen LogP contribution in [-0.2, 0) is 9.59 Å². The maximum absolute atomic E-state index is 12.1. The summed E-state index contributed by atoms with van der Waals surface area (Å²) in [5.41, 5.74) is 0.620. The first-order valence-electron chi connectivity index (χ1n) is 7.24. The Morgan fingerprint density at radius 2 is 2.22 bits per heavy atom. The largest absolute Gasteiger partial charge is 0.482 e. The molecule has 1 aromatic carbocycles. The lowest BCUT2D eigenvalue weighted by Gasteiger charge is -2.29. The summed E-state index contributed by atoms with van der Waals surface area (Å²) in [5, 5.41) is 6.05. The number of benzene rings is 1. The number of amides is 2. The van der Waals surface area contributed by atoms with Gasteiger partial charge in [0.15, 0.2) is 6.61 Å². The van der Waals surface area contributed by atoms with E-state index in [-0.39, 0.29) is 43.4 Å². The molecular weight excluding hydrogens is 386 g/mol. The number of hydrogen-bond acceptors (Lipinski definition) is 4. The zero-order valence-electron chi connectivity index (χ0n) is 13.1. The number of carbonyl (C=O) groups excluding carboxylic acids is 2. The first-order valence-corrected chi connectivity index (χ1v) is 8.03. The first-order chi connectivity index (χ1) is 10.5. The Kier molecular flexibility index (Phi) is 7.81. The van der Waals surface area contributed by atoms with Crippen molar-refractivity contribution in [2.45, 2.75) is 19.9 Å². The number of anilines is 1. The smallest absolute Gasteiger partial charge is 0.265 e. The number of hydrogen-bond donors (Lipinski definition) is 2. The van der Waals surface area contributed by atoms with E-state index in [4.69, 9.17) is 4.74 Å². The summed E-state index contributed by atoms with van der Waals surface area (Å²) in [6, 6.07) is 5.57. The van der Waals surface area contributed by atoms with Crippen LogP contribution in [0.4, 0.5) is 5.69 Å². The normalized spacial score (nSPS) is 14.4. The minimum absolute atomic E-state index is 0. The van der Waals surface area contributed by atoms with E-state index in [0.29, 0.717) is 18.0 Å². The van der Waals surface area contributed by atoms with Gasteiger partial charge in [-0.25, -0.2) is 0 Å². The molecule has 2 N–H and O–H groups in total. The van der Waals surface area contributed by atoms with Crippen LogP contribution < -0.4 is 20.3 Å². The summed E-state index contributed by atoms with van der Waals surface area (Å²) in [4.78, 5) is 25.5. The second-order valence-corrected chi connectivity index (χ2v) is 6.06. The van der Waals surface area contributed by atoms with Gasteiger partial charge in [0.05, 0.1) is 5.69 Å². The molecule has 0 fully saturated rings. The lowest BCUT2D eigenvalue weighted by molar-refractivity contribution is -0.125. The Morgan fingerprint density at radius 3 is 2.91 bits per heavy atom. The van der Waals surface area contributed by atoms with Gasteiger partial charge in [-0.1, -0.05) is 22.9 Å². The fraction of sp³-hybridized carbons (Fsp3) is 0.467. The van der Waals surface area contributed by atoms with Crippen LogP contribution in [-0.4, -0.2) is 44.1 Å². The van der Waals surface area contributed by atoms with E-state index in [1.54, 1.807) is 12.1 Å². The van der Waals surface area contributed by atoms with Crippen molar-refractivity contribution in [1.29, 1.82) is 0 Å². The Morgan fingerprint density at radius 1 is 1.48 bits per heavy atom. The molecule has 1 heterocycles. The second-order valence-electron chi connectivity index (χ2n) is 5.14. The molecule has 0 spiro atoms. The van der Waals surface area contributed by atoms with Gasteiger partial charge in [0.1, 0.15) is 12.3 Å². The van der Waals surface area contributed by atoms with Gasteiger partial charge in [0, 0.05) is 17.1 Å². The van der Waals surface area contributed by atoms with Crippen LogP contribution in [0.5, 0.6) is 5.75 Å². The highest BCUT2D eigenvalue weighted by Crippen LogP contribution is 2.34. The van der Waals surface area contributed by atoms with Crippen molar-refractivity contribution in [3.8, 4) is 5.75 Å². The molecule has 0 aromatic heterocycles. The van der Waals surface area contributed by atoms with E-state index in [1.165, 1.54) is 4.90 Å². The maximum Gasteiger partial charge on any atom is 0.265 e. The molecule has 1 aliphatic rings. The van der Waals surface area contributed by atoms with Crippen molar-refractivity contribution < 1.29 is 14.3 Å². The standard InChI is InChI=1S/C15H20BrN3O3.ClH/c1-3-17-10(2)7-18-14(20)8-19-12-5-4-11(16)6-13(12)22-9-15(19)21;/h4-6,10,17H,3,7-9H2,1-2H3,(H,18,20);1H/t10-;/m1./s1. The van der Waals surface area contributed by atoms with E-state index < -0.39 is 0 Å². The molecule has 0 radical (unpaired) electrons. The zero-order valence-corrected chi connectivity index (χ0v) is 15.5. The molecule has 1 atom stereocenters. The van der Waals surface area contributed by atoms with Crippen molar-refractivity contribution >= 4 is 45.8 Å². The molecule has 0 bridgehead atoms. The highest BCUT2D eigenvalue weighted by molar-refractivity contribution is 9.10. The second kappa shape index (κ2) is 9.10. The van der Waals surface area contributed by atoms with Crippen molar-refractivity contribution in [3.05, 3.63) is 22.7 Å². The highest BCUT2D eigenvalue weighted by atomic mass is 79.9.